The normalized spacial score (nSPS) is 17.7. The lowest BCUT2D eigenvalue weighted by atomic mass is 10.0. The van der Waals surface area contributed by atoms with Crippen LogP contribution < -0.4 is 0 Å². The maximum Gasteiger partial charge on any atom is 0.340 e. The summed E-state index contributed by atoms with van der Waals surface area (Å²) in [7, 11) is -8.69. The van der Waals surface area contributed by atoms with E-state index in [1.54, 1.807) is 0 Å². The summed E-state index contributed by atoms with van der Waals surface area (Å²) >= 11 is 0. The SMILES string of the molecule is CCCCC(CC)COP(=O)(O)CP(=O)(O)O. The molecule has 2 atom stereocenters. The fourth-order valence-corrected chi connectivity index (χ4v) is 4.03. The molecule has 0 bridgehead atoms. The molecule has 0 aliphatic carbocycles. The Morgan fingerprint density at radius 2 is 1.76 bits per heavy atom. The zero-order chi connectivity index (χ0) is 13.5. The van der Waals surface area contributed by atoms with Crippen LogP contribution in [0.4, 0.5) is 0 Å². The fourth-order valence-electron chi connectivity index (χ4n) is 1.39. The van der Waals surface area contributed by atoms with Gasteiger partial charge in [-0.25, -0.2) is 0 Å². The summed E-state index contributed by atoms with van der Waals surface area (Å²) in [5.41, 5.74) is 0. The van der Waals surface area contributed by atoms with Crippen LogP contribution >= 0.6 is 15.2 Å². The highest BCUT2D eigenvalue weighted by atomic mass is 31.2. The van der Waals surface area contributed by atoms with E-state index < -0.39 is 21.1 Å². The van der Waals surface area contributed by atoms with Crippen LogP contribution in [-0.4, -0.2) is 27.2 Å². The minimum absolute atomic E-state index is 0.0737. The van der Waals surface area contributed by atoms with Crippen molar-refractivity contribution in [3.63, 3.8) is 0 Å². The highest BCUT2D eigenvalue weighted by Gasteiger charge is 2.31. The van der Waals surface area contributed by atoms with Crippen LogP contribution in [0.5, 0.6) is 0 Å². The largest absolute Gasteiger partial charge is 0.340 e. The van der Waals surface area contributed by atoms with Crippen LogP contribution in [0.25, 0.3) is 0 Å². The van der Waals surface area contributed by atoms with Crippen molar-refractivity contribution in [2.45, 2.75) is 39.5 Å². The first-order chi connectivity index (χ1) is 7.70. The smallest absolute Gasteiger partial charge is 0.324 e. The van der Waals surface area contributed by atoms with Crippen LogP contribution in [0, 0.1) is 5.92 Å². The van der Waals surface area contributed by atoms with Crippen molar-refractivity contribution >= 4 is 15.2 Å². The van der Waals surface area contributed by atoms with Gasteiger partial charge in [-0.1, -0.05) is 33.1 Å². The highest BCUT2D eigenvalue weighted by Crippen LogP contribution is 2.55. The van der Waals surface area contributed by atoms with Crippen LogP contribution in [0.1, 0.15) is 39.5 Å². The van der Waals surface area contributed by atoms with E-state index in [2.05, 4.69) is 6.92 Å². The van der Waals surface area contributed by atoms with Crippen LogP contribution in [0.3, 0.4) is 0 Å². The van der Waals surface area contributed by atoms with Gasteiger partial charge in [-0.15, -0.1) is 0 Å². The standard InChI is InChI=1S/C9H22O6P2/c1-3-5-6-9(4-2)7-15-17(13,14)8-16(10,11)12/h9H,3-8H2,1-2H3,(H,13,14)(H2,10,11,12). The summed E-state index contributed by atoms with van der Waals surface area (Å²) in [6.07, 6.45) is 3.75. The average molecular weight is 288 g/mol. The van der Waals surface area contributed by atoms with Gasteiger partial charge in [0.2, 0.25) is 0 Å². The van der Waals surface area contributed by atoms with E-state index in [0.717, 1.165) is 25.7 Å². The second-order valence-corrected chi connectivity index (χ2v) is 8.15. The van der Waals surface area contributed by atoms with Gasteiger partial charge in [0, 0.05) is 0 Å². The molecule has 104 valence electrons. The molecule has 8 heteroatoms. The fraction of sp³-hybridized carbons (Fsp3) is 1.00. The van der Waals surface area contributed by atoms with Crippen molar-refractivity contribution in [1.82, 2.24) is 0 Å². The maximum atomic E-state index is 11.4. The third-order valence-corrected chi connectivity index (χ3v) is 5.87. The molecule has 0 fully saturated rings. The van der Waals surface area contributed by atoms with Gasteiger partial charge in [0.05, 0.1) is 6.61 Å². The van der Waals surface area contributed by atoms with E-state index in [0.29, 0.717) is 0 Å². The minimum atomic E-state index is -4.51. The van der Waals surface area contributed by atoms with Gasteiger partial charge in [0.25, 0.3) is 0 Å². The lowest BCUT2D eigenvalue weighted by Gasteiger charge is -2.18. The molecule has 0 heterocycles. The molecule has 0 spiro atoms. The molecular formula is C9H22O6P2. The van der Waals surface area contributed by atoms with Gasteiger partial charge in [-0.2, -0.15) is 0 Å². The zero-order valence-electron chi connectivity index (χ0n) is 10.3. The molecule has 0 aliphatic rings. The molecule has 0 rings (SSSR count). The topological polar surface area (TPSA) is 104 Å². The third kappa shape index (κ3) is 9.95. The van der Waals surface area contributed by atoms with E-state index in [1.165, 1.54) is 0 Å². The average Bonchev–Trinajstić information content (AvgIpc) is 2.14. The molecule has 0 radical (unpaired) electrons. The Kier molecular flexibility index (Phi) is 7.81. The first-order valence-electron chi connectivity index (χ1n) is 5.71. The quantitative estimate of drug-likeness (QED) is 0.563. The highest BCUT2D eigenvalue weighted by molar-refractivity contribution is 7.70. The van der Waals surface area contributed by atoms with Gasteiger partial charge in [0.1, 0.15) is 0 Å². The molecule has 0 aliphatic heterocycles. The first-order valence-corrected chi connectivity index (χ1v) is 9.27. The lowest BCUT2D eigenvalue weighted by Crippen LogP contribution is -2.09. The summed E-state index contributed by atoms with van der Waals surface area (Å²) in [6.45, 7) is 4.08. The molecule has 0 amide bonds. The molecule has 3 N–H and O–H groups in total. The van der Waals surface area contributed by atoms with Crippen molar-refractivity contribution in [3.8, 4) is 0 Å². The minimum Gasteiger partial charge on any atom is -0.324 e. The molecular weight excluding hydrogens is 266 g/mol. The number of rotatable bonds is 9. The van der Waals surface area contributed by atoms with Crippen molar-refractivity contribution in [2.75, 3.05) is 12.5 Å². The van der Waals surface area contributed by atoms with Crippen molar-refractivity contribution < 1.29 is 28.3 Å². The van der Waals surface area contributed by atoms with Gasteiger partial charge >= 0.3 is 15.2 Å². The molecule has 0 saturated carbocycles. The Labute approximate surface area is 102 Å². The van der Waals surface area contributed by atoms with E-state index in [9.17, 15) is 14.0 Å². The maximum absolute atomic E-state index is 11.4. The first kappa shape index (κ1) is 17.3. The van der Waals surface area contributed by atoms with Crippen LogP contribution in [-0.2, 0) is 13.7 Å². The second-order valence-electron chi connectivity index (χ2n) is 4.16. The van der Waals surface area contributed by atoms with E-state index in [4.69, 9.17) is 14.3 Å². The Morgan fingerprint density at radius 3 is 2.18 bits per heavy atom. The Morgan fingerprint density at radius 1 is 1.18 bits per heavy atom. The van der Waals surface area contributed by atoms with Gasteiger partial charge in [-0.3, -0.25) is 9.13 Å². The summed E-state index contributed by atoms with van der Waals surface area (Å²) in [5, 5.41) is 0. The van der Waals surface area contributed by atoms with Crippen LogP contribution in [0.2, 0.25) is 0 Å². The van der Waals surface area contributed by atoms with Crippen LogP contribution in [0.15, 0.2) is 0 Å². The monoisotopic (exact) mass is 288 g/mol. The summed E-state index contributed by atoms with van der Waals surface area (Å²) in [6, 6.07) is 0. The molecule has 0 aromatic carbocycles. The number of unbranched alkanes of at least 4 members (excludes halogenated alkanes) is 1. The molecule has 0 saturated heterocycles. The Bertz CT molecular complexity index is 300. The van der Waals surface area contributed by atoms with Crippen molar-refractivity contribution in [2.24, 2.45) is 5.92 Å². The van der Waals surface area contributed by atoms with E-state index in [-0.39, 0.29) is 12.5 Å². The predicted molar refractivity (Wildman–Crippen MR) is 66.0 cm³/mol. The summed E-state index contributed by atoms with van der Waals surface area (Å²) in [5.74, 6) is -0.947. The van der Waals surface area contributed by atoms with Gasteiger partial charge in [0.15, 0.2) is 5.90 Å². The Balaban J connectivity index is 4.14. The molecule has 0 aromatic rings. The lowest BCUT2D eigenvalue weighted by molar-refractivity contribution is 0.205. The van der Waals surface area contributed by atoms with E-state index >= 15 is 0 Å². The molecule has 17 heavy (non-hydrogen) atoms. The van der Waals surface area contributed by atoms with Crippen molar-refractivity contribution in [1.29, 1.82) is 0 Å². The third-order valence-electron chi connectivity index (χ3n) is 2.42. The van der Waals surface area contributed by atoms with E-state index in [1.807, 2.05) is 6.92 Å². The summed E-state index contributed by atoms with van der Waals surface area (Å²) in [4.78, 5) is 26.5. The predicted octanol–water partition coefficient (Wildman–Crippen LogP) is 2.54. The zero-order valence-corrected chi connectivity index (χ0v) is 12.1. The molecule has 2 unspecified atom stereocenters. The van der Waals surface area contributed by atoms with Gasteiger partial charge in [-0.05, 0) is 12.3 Å². The number of hydrogen-bond donors (Lipinski definition) is 3. The molecule has 0 aromatic heterocycles. The Hall–Kier alpha value is 0.300. The second kappa shape index (κ2) is 7.67. The van der Waals surface area contributed by atoms with Crippen molar-refractivity contribution in [3.05, 3.63) is 0 Å². The number of hydrogen-bond acceptors (Lipinski definition) is 3. The van der Waals surface area contributed by atoms with Gasteiger partial charge < -0.3 is 19.2 Å². The molecule has 6 nitrogen and oxygen atoms in total. The summed E-state index contributed by atoms with van der Waals surface area (Å²) < 4.78 is 26.8.